The molecule has 0 fully saturated rings. The van der Waals surface area contributed by atoms with E-state index in [-0.39, 0.29) is 11.5 Å². The molecule has 0 N–H and O–H groups in total. The monoisotopic (exact) mass is 319 g/mol. The van der Waals surface area contributed by atoms with E-state index in [9.17, 15) is 13.2 Å². The number of rotatable bonds is 6. The van der Waals surface area contributed by atoms with Crippen LogP contribution in [-0.4, -0.2) is 32.2 Å². The van der Waals surface area contributed by atoms with E-state index in [0.29, 0.717) is 0 Å². The molecule has 0 radical (unpaired) electrons. The molecule has 0 saturated heterocycles. The standard InChI is InChI=1S/C16H17NO4S/c1-17(21-12-14-8-4-2-5-9-14)16(18)13-22(19,20)15-10-6-3-7-11-15/h2-11H,12-13H2,1H3. The summed E-state index contributed by atoms with van der Waals surface area (Å²) < 4.78 is 24.2. The normalized spacial score (nSPS) is 11.1. The molecule has 2 rings (SSSR count). The number of hydrogen-bond acceptors (Lipinski definition) is 4. The van der Waals surface area contributed by atoms with Crippen molar-refractivity contribution in [3.05, 3.63) is 66.2 Å². The molecule has 5 nitrogen and oxygen atoms in total. The number of carbonyl (C=O) groups excluding carboxylic acids is 1. The van der Waals surface area contributed by atoms with Crippen molar-refractivity contribution in [2.45, 2.75) is 11.5 Å². The molecule has 0 saturated carbocycles. The smallest absolute Gasteiger partial charge is 0.261 e. The maximum atomic E-state index is 12.1. The van der Waals surface area contributed by atoms with Crippen molar-refractivity contribution in [2.24, 2.45) is 0 Å². The third-order valence-electron chi connectivity index (χ3n) is 3.03. The Kier molecular flexibility index (Phi) is 5.30. The van der Waals surface area contributed by atoms with Gasteiger partial charge in [-0.25, -0.2) is 13.5 Å². The third kappa shape index (κ3) is 4.41. The lowest BCUT2D eigenvalue weighted by molar-refractivity contribution is -0.179. The van der Waals surface area contributed by atoms with Crippen molar-refractivity contribution in [1.82, 2.24) is 5.06 Å². The number of carbonyl (C=O) groups is 1. The minimum absolute atomic E-state index is 0.125. The molecule has 0 unspecified atom stereocenters. The predicted molar refractivity (Wildman–Crippen MR) is 82.5 cm³/mol. The number of benzene rings is 2. The highest BCUT2D eigenvalue weighted by atomic mass is 32.2. The Morgan fingerprint density at radius 2 is 1.55 bits per heavy atom. The molecule has 0 atom stereocenters. The maximum absolute atomic E-state index is 12.1. The van der Waals surface area contributed by atoms with Crippen LogP contribution in [0.1, 0.15) is 5.56 Å². The van der Waals surface area contributed by atoms with E-state index in [4.69, 9.17) is 4.84 Å². The van der Waals surface area contributed by atoms with Crippen molar-refractivity contribution in [3.63, 3.8) is 0 Å². The summed E-state index contributed by atoms with van der Waals surface area (Å²) in [5.74, 6) is -1.23. The number of nitrogens with zero attached hydrogens (tertiary/aromatic N) is 1. The van der Waals surface area contributed by atoms with Gasteiger partial charge in [0.25, 0.3) is 5.91 Å². The van der Waals surface area contributed by atoms with Crippen LogP contribution >= 0.6 is 0 Å². The van der Waals surface area contributed by atoms with E-state index >= 15 is 0 Å². The largest absolute Gasteiger partial charge is 0.271 e. The Balaban J connectivity index is 1.94. The van der Waals surface area contributed by atoms with Gasteiger partial charge < -0.3 is 0 Å². The molecule has 0 spiro atoms. The molecule has 2 aromatic carbocycles. The first-order chi connectivity index (χ1) is 10.5. The Morgan fingerprint density at radius 3 is 2.14 bits per heavy atom. The summed E-state index contributed by atoms with van der Waals surface area (Å²) in [7, 11) is -2.25. The van der Waals surface area contributed by atoms with E-state index in [1.54, 1.807) is 18.2 Å². The fourth-order valence-electron chi connectivity index (χ4n) is 1.78. The number of hydroxylamine groups is 2. The van der Waals surface area contributed by atoms with Crippen LogP contribution in [0.4, 0.5) is 0 Å². The molecular formula is C16H17NO4S. The summed E-state index contributed by atoms with van der Waals surface area (Å²) in [6.45, 7) is 0.203. The Hall–Kier alpha value is -2.18. The van der Waals surface area contributed by atoms with Gasteiger partial charge in [0.05, 0.1) is 4.90 Å². The van der Waals surface area contributed by atoms with Crippen LogP contribution in [0.2, 0.25) is 0 Å². The van der Waals surface area contributed by atoms with Gasteiger partial charge >= 0.3 is 0 Å². The van der Waals surface area contributed by atoms with E-state index in [1.165, 1.54) is 19.2 Å². The summed E-state index contributed by atoms with van der Waals surface area (Å²) in [6, 6.07) is 17.2. The first kappa shape index (κ1) is 16.2. The number of hydrogen-bond donors (Lipinski definition) is 0. The van der Waals surface area contributed by atoms with Gasteiger partial charge in [-0.2, -0.15) is 0 Å². The van der Waals surface area contributed by atoms with Gasteiger partial charge in [-0.05, 0) is 17.7 Å². The zero-order valence-corrected chi connectivity index (χ0v) is 13.0. The van der Waals surface area contributed by atoms with Gasteiger partial charge in [-0.15, -0.1) is 0 Å². The minimum Gasteiger partial charge on any atom is -0.271 e. The minimum atomic E-state index is -3.66. The van der Waals surface area contributed by atoms with Crippen LogP contribution in [0.3, 0.4) is 0 Å². The van der Waals surface area contributed by atoms with Crippen molar-refractivity contribution < 1.29 is 18.0 Å². The first-order valence-corrected chi connectivity index (χ1v) is 8.35. The summed E-state index contributed by atoms with van der Waals surface area (Å²) >= 11 is 0. The van der Waals surface area contributed by atoms with Crippen molar-refractivity contribution >= 4 is 15.7 Å². The van der Waals surface area contributed by atoms with Gasteiger partial charge in [-0.3, -0.25) is 9.63 Å². The van der Waals surface area contributed by atoms with E-state index < -0.39 is 21.5 Å². The molecule has 6 heteroatoms. The van der Waals surface area contributed by atoms with Crippen molar-refractivity contribution in [1.29, 1.82) is 0 Å². The van der Waals surface area contributed by atoms with Crippen molar-refractivity contribution in [2.75, 3.05) is 12.8 Å². The second-order valence-electron chi connectivity index (χ2n) is 4.72. The van der Waals surface area contributed by atoms with Crippen LogP contribution in [-0.2, 0) is 26.1 Å². The molecular weight excluding hydrogens is 302 g/mol. The van der Waals surface area contributed by atoms with Gasteiger partial charge in [0.1, 0.15) is 12.4 Å². The van der Waals surface area contributed by atoms with Crippen LogP contribution in [0.25, 0.3) is 0 Å². The maximum Gasteiger partial charge on any atom is 0.261 e. The molecule has 0 aromatic heterocycles. The number of sulfone groups is 1. The second-order valence-corrected chi connectivity index (χ2v) is 6.71. The molecule has 0 aliphatic rings. The first-order valence-electron chi connectivity index (χ1n) is 6.70. The number of amides is 1. The SMILES string of the molecule is CN(OCc1ccccc1)C(=O)CS(=O)(=O)c1ccccc1. The average Bonchev–Trinajstić information content (AvgIpc) is 2.54. The third-order valence-corrected chi connectivity index (χ3v) is 4.65. The van der Waals surface area contributed by atoms with Gasteiger partial charge in [-0.1, -0.05) is 48.5 Å². The van der Waals surface area contributed by atoms with Crippen LogP contribution in [0.5, 0.6) is 0 Å². The molecule has 1 amide bonds. The Labute approximate surface area is 130 Å². The summed E-state index contributed by atoms with van der Waals surface area (Å²) in [6.07, 6.45) is 0. The van der Waals surface area contributed by atoms with Crippen molar-refractivity contribution in [3.8, 4) is 0 Å². The van der Waals surface area contributed by atoms with Gasteiger partial charge in [0.2, 0.25) is 0 Å². The highest BCUT2D eigenvalue weighted by Crippen LogP contribution is 2.11. The molecule has 116 valence electrons. The zero-order chi connectivity index (χ0) is 16.0. The molecule has 0 aliphatic heterocycles. The summed E-state index contributed by atoms with van der Waals surface area (Å²) in [4.78, 5) is 17.4. The molecule has 0 heterocycles. The quantitative estimate of drug-likeness (QED) is 0.765. The van der Waals surface area contributed by atoms with E-state index in [2.05, 4.69) is 0 Å². The molecule has 2 aromatic rings. The van der Waals surface area contributed by atoms with E-state index in [1.807, 2.05) is 30.3 Å². The fraction of sp³-hybridized carbons (Fsp3) is 0.188. The molecule has 22 heavy (non-hydrogen) atoms. The topological polar surface area (TPSA) is 63.7 Å². The van der Waals surface area contributed by atoms with Crippen LogP contribution < -0.4 is 0 Å². The highest BCUT2D eigenvalue weighted by Gasteiger charge is 2.22. The zero-order valence-electron chi connectivity index (χ0n) is 12.2. The second kappa shape index (κ2) is 7.20. The molecule has 0 aliphatic carbocycles. The van der Waals surface area contributed by atoms with E-state index in [0.717, 1.165) is 10.6 Å². The lowest BCUT2D eigenvalue weighted by Gasteiger charge is -2.17. The average molecular weight is 319 g/mol. The lowest BCUT2D eigenvalue weighted by Crippen LogP contribution is -2.32. The fourth-order valence-corrected chi connectivity index (χ4v) is 3.03. The summed E-state index contributed by atoms with van der Waals surface area (Å²) in [5, 5.41) is 0.966. The molecule has 0 bridgehead atoms. The van der Waals surface area contributed by atoms with Crippen LogP contribution in [0.15, 0.2) is 65.6 Å². The van der Waals surface area contributed by atoms with Gasteiger partial charge in [0, 0.05) is 7.05 Å². The predicted octanol–water partition coefficient (Wildman–Crippen LogP) is 2.05. The summed E-state index contributed by atoms with van der Waals surface area (Å²) in [5.41, 5.74) is 0.896. The Bertz CT molecular complexity index is 714. The highest BCUT2D eigenvalue weighted by molar-refractivity contribution is 7.92. The lowest BCUT2D eigenvalue weighted by atomic mass is 10.2. The Morgan fingerprint density at radius 1 is 1.00 bits per heavy atom. The van der Waals surface area contributed by atoms with Gasteiger partial charge in [0.15, 0.2) is 9.84 Å². The van der Waals surface area contributed by atoms with Crippen LogP contribution in [0, 0.1) is 0 Å².